The average molecular weight is 212 g/mol. The van der Waals surface area contributed by atoms with E-state index in [0.717, 1.165) is 38.9 Å². The lowest BCUT2D eigenvalue weighted by Gasteiger charge is -2.49. The van der Waals surface area contributed by atoms with Crippen molar-refractivity contribution in [1.29, 1.82) is 0 Å². The Morgan fingerprint density at radius 3 is 3.00 bits per heavy atom. The van der Waals surface area contributed by atoms with Crippen LogP contribution in [-0.4, -0.2) is 47.2 Å². The van der Waals surface area contributed by atoms with Gasteiger partial charge in [-0.1, -0.05) is 6.92 Å². The summed E-state index contributed by atoms with van der Waals surface area (Å²) in [6, 6.07) is 0.347. The van der Waals surface area contributed by atoms with Crippen LogP contribution in [0.15, 0.2) is 0 Å². The van der Waals surface area contributed by atoms with E-state index in [1.807, 2.05) is 6.92 Å². The standard InChI is InChI=1S/C11H20N2O2/c1-2-11(15)7-13(8-11)9-4-3-5-12-10(14)6-9/h9,15H,2-8H2,1H3,(H,12,14). The van der Waals surface area contributed by atoms with Crippen LogP contribution < -0.4 is 5.32 Å². The van der Waals surface area contributed by atoms with E-state index in [2.05, 4.69) is 10.2 Å². The Morgan fingerprint density at radius 2 is 2.33 bits per heavy atom. The highest BCUT2D eigenvalue weighted by Crippen LogP contribution is 2.29. The zero-order valence-electron chi connectivity index (χ0n) is 9.33. The lowest BCUT2D eigenvalue weighted by Crippen LogP contribution is -2.64. The molecule has 86 valence electrons. The molecule has 0 aromatic carbocycles. The van der Waals surface area contributed by atoms with E-state index < -0.39 is 5.60 Å². The van der Waals surface area contributed by atoms with E-state index in [4.69, 9.17) is 0 Å². The fourth-order valence-corrected chi connectivity index (χ4v) is 2.46. The van der Waals surface area contributed by atoms with Gasteiger partial charge in [-0.2, -0.15) is 0 Å². The van der Waals surface area contributed by atoms with Gasteiger partial charge < -0.3 is 10.4 Å². The van der Waals surface area contributed by atoms with Crippen molar-refractivity contribution in [2.75, 3.05) is 19.6 Å². The Balaban J connectivity index is 1.87. The van der Waals surface area contributed by atoms with Gasteiger partial charge >= 0.3 is 0 Å². The van der Waals surface area contributed by atoms with Crippen molar-refractivity contribution in [2.45, 2.75) is 44.2 Å². The summed E-state index contributed by atoms with van der Waals surface area (Å²) >= 11 is 0. The SMILES string of the molecule is CCC1(O)CN(C2CCCNC(=O)C2)C1. The van der Waals surface area contributed by atoms with E-state index >= 15 is 0 Å². The molecule has 4 nitrogen and oxygen atoms in total. The number of carbonyl (C=O) groups excluding carboxylic acids is 1. The smallest absolute Gasteiger partial charge is 0.221 e. The summed E-state index contributed by atoms with van der Waals surface area (Å²) in [6.45, 7) is 4.29. The molecular formula is C11H20N2O2. The van der Waals surface area contributed by atoms with Crippen LogP contribution in [0.3, 0.4) is 0 Å². The van der Waals surface area contributed by atoms with Crippen molar-refractivity contribution in [3.8, 4) is 0 Å². The monoisotopic (exact) mass is 212 g/mol. The largest absolute Gasteiger partial charge is 0.387 e. The van der Waals surface area contributed by atoms with Gasteiger partial charge in [-0.3, -0.25) is 9.69 Å². The summed E-state index contributed by atoms with van der Waals surface area (Å²) in [6.07, 6.45) is 3.53. The molecule has 0 saturated carbocycles. The van der Waals surface area contributed by atoms with Gasteiger partial charge in [0.1, 0.15) is 0 Å². The zero-order valence-corrected chi connectivity index (χ0v) is 9.33. The maximum atomic E-state index is 11.4. The maximum Gasteiger partial charge on any atom is 0.221 e. The minimum Gasteiger partial charge on any atom is -0.387 e. The molecule has 2 saturated heterocycles. The molecule has 2 aliphatic heterocycles. The van der Waals surface area contributed by atoms with Crippen LogP contribution in [0.5, 0.6) is 0 Å². The van der Waals surface area contributed by atoms with Gasteiger partial charge in [0.05, 0.1) is 5.60 Å². The number of nitrogens with zero attached hydrogens (tertiary/aromatic N) is 1. The molecule has 0 aromatic rings. The minimum absolute atomic E-state index is 0.157. The highest BCUT2D eigenvalue weighted by Gasteiger charge is 2.42. The van der Waals surface area contributed by atoms with Gasteiger partial charge in [-0.05, 0) is 19.3 Å². The number of hydrogen-bond donors (Lipinski definition) is 2. The second-order valence-corrected chi connectivity index (χ2v) is 4.83. The number of aliphatic hydroxyl groups is 1. The fraction of sp³-hybridized carbons (Fsp3) is 0.909. The van der Waals surface area contributed by atoms with Crippen molar-refractivity contribution in [3.05, 3.63) is 0 Å². The molecule has 0 spiro atoms. The highest BCUT2D eigenvalue weighted by molar-refractivity contribution is 5.76. The first kappa shape index (κ1) is 10.9. The van der Waals surface area contributed by atoms with Gasteiger partial charge in [0.2, 0.25) is 5.91 Å². The fourth-order valence-electron chi connectivity index (χ4n) is 2.46. The minimum atomic E-state index is -0.483. The summed E-state index contributed by atoms with van der Waals surface area (Å²) in [7, 11) is 0. The van der Waals surface area contributed by atoms with Crippen molar-refractivity contribution in [2.24, 2.45) is 0 Å². The van der Waals surface area contributed by atoms with Crippen LogP contribution in [0.2, 0.25) is 0 Å². The average Bonchev–Trinajstić information content (AvgIpc) is 2.38. The molecule has 2 aliphatic rings. The second kappa shape index (κ2) is 4.10. The van der Waals surface area contributed by atoms with Crippen LogP contribution in [-0.2, 0) is 4.79 Å². The quantitative estimate of drug-likeness (QED) is 0.683. The third-order valence-corrected chi connectivity index (χ3v) is 3.63. The zero-order chi connectivity index (χ0) is 10.9. The topological polar surface area (TPSA) is 52.6 Å². The summed E-state index contributed by atoms with van der Waals surface area (Å²) in [4.78, 5) is 13.6. The van der Waals surface area contributed by atoms with Gasteiger partial charge in [-0.15, -0.1) is 0 Å². The van der Waals surface area contributed by atoms with Gasteiger partial charge in [0.15, 0.2) is 0 Å². The molecule has 1 unspecified atom stereocenters. The van der Waals surface area contributed by atoms with E-state index in [0.29, 0.717) is 12.5 Å². The van der Waals surface area contributed by atoms with Crippen molar-refractivity contribution in [1.82, 2.24) is 10.2 Å². The molecule has 2 heterocycles. The van der Waals surface area contributed by atoms with Gasteiger partial charge in [0, 0.05) is 32.1 Å². The summed E-state index contributed by atoms with van der Waals surface area (Å²) < 4.78 is 0. The molecule has 0 radical (unpaired) electrons. The summed E-state index contributed by atoms with van der Waals surface area (Å²) in [5.74, 6) is 0.157. The first-order chi connectivity index (χ1) is 7.13. The first-order valence-corrected chi connectivity index (χ1v) is 5.86. The van der Waals surface area contributed by atoms with Crippen LogP contribution in [0.4, 0.5) is 0 Å². The molecule has 15 heavy (non-hydrogen) atoms. The Hall–Kier alpha value is -0.610. The molecule has 2 N–H and O–H groups in total. The van der Waals surface area contributed by atoms with Crippen LogP contribution in [0.1, 0.15) is 32.6 Å². The highest BCUT2D eigenvalue weighted by atomic mass is 16.3. The van der Waals surface area contributed by atoms with Gasteiger partial charge in [0.25, 0.3) is 0 Å². The molecule has 2 fully saturated rings. The molecule has 0 aliphatic carbocycles. The first-order valence-electron chi connectivity index (χ1n) is 5.86. The van der Waals surface area contributed by atoms with Crippen molar-refractivity contribution >= 4 is 5.91 Å². The molecule has 1 atom stereocenters. The molecule has 1 amide bonds. The van der Waals surface area contributed by atoms with Crippen molar-refractivity contribution in [3.63, 3.8) is 0 Å². The Labute approximate surface area is 90.6 Å². The van der Waals surface area contributed by atoms with Crippen LogP contribution in [0, 0.1) is 0 Å². The molecule has 0 bridgehead atoms. The molecule has 2 rings (SSSR count). The lowest BCUT2D eigenvalue weighted by atomic mass is 9.88. The maximum absolute atomic E-state index is 11.4. The van der Waals surface area contributed by atoms with Crippen LogP contribution in [0.25, 0.3) is 0 Å². The molecule has 0 aromatic heterocycles. The van der Waals surface area contributed by atoms with Crippen molar-refractivity contribution < 1.29 is 9.90 Å². The predicted molar refractivity (Wildman–Crippen MR) is 57.5 cm³/mol. The van der Waals surface area contributed by atoms with E-state index in [1.165, 1.54) is 0 Å². The third kappa shape index (κ3) is 2.32. The summed E-state index contributed by atoms with van der Waals surface area (Å²) in [5, 5.41) is 12.8. The number of β-amino-alcohol motifs (C(OH)–C–C–N with tert-alkyl or cyclic N) is 1. The Kier molecular flexibility index (Phi) is 2.98. The number of nitrogens with one attached hydrogen (secondary N) is 1. The molecule has 4 heteroatoms. The van der Waals surface area contributed by atoms with E-state index in [-0.39, 0.29) is 5.91 Å². The number of carbonyl (C=O) groups is 1. The molecular weight excluding hydrogens is 192 g/mol. The van der Waals surface area contributed by atoms with Gasteiger partial charge in [-0.25, -0.2) is 0 Å². The Morgan fingerprint density at radius 1 is 1.60 bits per heavy atom. The predicted octanol–water partition coefficient (Wildman–Crippen LogP) is 0.112. The normalized spacial score (nSPS) is 31.6. The third-order valence-electron chi connectivity index (χ3n) is 3.63. The Bertz CT molecular complexity index is 249. The lowest BCUT2D eigenvalue weighted by molar-refractivity contribution is -0.131. The second-order valence-electron chi connectivity index (χ2n) is 4.83. The number of rotatable bonds is 2. The summed E-state index contributed by atoms with van der Waals surface area (Å²) in [5.41, 5.74) is -0.483. The van der Waals surface area contributed by atoms with Crippen LogP contribution >= 0.6 is 0 Å². The number of amides is 1. The van der Waals surface area contributed by atoms with E-state index in [1.54, 1.807) is 0 Å². The van der Waals surface area contributed by atoms with E-state index in [9.17, 15) is 9.90 Å². The number of likely N-dealkylation sites (tertiary alicyclic amines) is 1. The number of hydrogen-bond acceptors (Lipinski definition) is 3.